The minimum Gasteiger partial charge on any atom is -0.402 e. The number of rotatable bonds is 14. The minimum atomic E-state index is -4.83. The van der Waals surface area contributed by atoms with Gasteiger partial charge in [-0.3, -0.25) is 28.7 Å². The number of anilines is 3. The topological polar surface area (TPSA) is 214 Å². The first-order valence-corrected chi connectivity index (χ1v) is 34.7. The van der Waals surface area contributed by atoms with Crippen molar-refractivity contribution in [1.29, 1.82) is 0 Å². The molecule has 0 aromatic carbocycles. The van der Waals surface area contributed by atoms with Gasteiger partial charge < -0.3 is 41.2 Å². The van der Waals surface area contributed by atoms with Crippen LogP contribution in [0.4, 0.5) is 57.0 Å². The quantitative estimate of drug-likeness (QED) is 0.0865. The Bertz CT molecular complexity index is 3660. The highest BCUT2D eigenvalue weighted by molar-refractivity contribution is 5.67. The lowest BCUT2D eigenvalue weighted by molar-refractivity contribution is -0.275. The van der Waals surface area contributed by atoms with Crippen LogP contribution < -0.4 is 26.7 Å². The van der Waals surface area contributed by atoms with Crippen molar-refractivity contribution in [3.63, 3.8) is 0 Å². The Morgan fingerprint density at radius 3 is 1.06 bits per heavy atom. The number of likely N-dealkylation sites (tertiary alicyclic amines) is 1. The summed E-state index contributed by atoms with van der Waals surface area (Å²) in [6, 6.07) is 12.0. The number of alkyl halides is 9. The maximum absolute atomic E-state index is 13.3. The Balaban J connectivity index is 0.000000126. The molecule has 6 saturated carbocycles. The van der Waals surface area contributed by atoms with E-state index < -0.39 is 41.8 Å². The van der Waals surface area contributed by atoms with Crippen LogP contribution in [-0.4, -0.2) is 192 Å². The molecule has 6 N–H and O–H groups in total. The average molecular weight is 1380 g/mol. The Morgan fingerprint density at radius 1 is 0.449 bits per heavy atom. The Kier molecular flexibility index (Phi) is 17.9. The van der Waals surface area contributed by atoms with Crippen LogP contribution in [0.3, 0.4) is 0 Å². The normalized spacial score (nSPS) is 29.2. The molecule has 4 saturated heterocycles. The van der Waals surface area contributed by atoms with Crippen LogP contribution in [-0.2, 0) is 10.9 Å². The smallest absolute Gasteiger partial charge is 0.402 e. The SMILES string of the molecule is CC(C)n1nc(-c2cnc(N)c(C(F)(F)F)c2)cc1C1[C@H]2CC(N3CC4(COC4)C3)C[C@@H]12.CC(C)n1nc(-c2cnc(N)c(OC(F)(F)F)c2)cc1C1[C@H]2CC(N3CCN(C)CC3)C[C@@H]12.CC(C)n1nc(-c2cnc(N)c(OC(F)(F)F)c2)cc1C1[C@H]2CC(N3CCN(C)CC3)C[C@@H]12. The summed E-state index contributed by atoms with van der Waals surface area (Å²) in [7, 11) is 4.36. The van der Waals surface area contributed by atoms with Crippen LogP contribution in [0.5, 0.6) is 11.5 Å². The van der Waals surface area contributed by atoms with E-state index >= 15 is 0 Å². The summed E-state index contributed by atoms with van der Waals surface area (Å²) in [5.41, 5.74) is 22.7. The summed E-state index contributed by atoms with van der Waals surface area (Å²) in [5, 5.41) is 14.2. The number of nitrogen functional groups attached to an aromatic ring is 3. The van der Waals surface area contributed by atoms with Gasteiger partial charge in [-0.1, -0.05) is 0 Å². The molecule has 6 aromatic rings. The van der Waals surface area contributed by atoms with Gasteiger partial charge in [0.1, 0.15) is 5.82 Å². The zero-order valence-electron chi connectivity index (χ0n) is 56.7. The first-order valence-electron chi connectivity index (χ1n) is 34.7. The lowest BCUT2D eigenvalue weighted by Crippen LogP contribution is -2.67. The van der Waals surface area contributed by atoms with Crippen molar-refractivity contribution in [3.8, 4) is 45.3 Å². The van der Waals surface area contributed by atoms with E-state index in [9.17, 15) is 39.5 Å². The summed E-state index contributed by atoms with van der Waals surface area (Å²) in [6.07, 6.45) is -2.66. The van der Waals surface area contributed by atoms with Crippen LogP contribution in [0.1, 0.15) is 139 Å². The maximum Gasteiger partial charge on any atom is 0.573 e. The first kappa shape index (κ1) is 68.3. The maximum atomic E-state index is 13.3. The van der Waals surface area contributed by atoms with E-state index in [4.69, 9.17) is 32.1 Å². The zero-order chi connectivity index (χ0) is 69.4. The number of pyridine rings is 3. The third kappa shape index (κ3) is 13.8. The van der Waals surface area contributed by atoms with Crippen molar-refractivity contribution in [2.24, 2.45) is 40.9 Å². The number of fused-ring (bicyclic) bond motifs is 3. The standard InChI is InChI=1S/2C23H31F3N6O.C23H28F3N5O/c2*1-13(2)32-19(21-16-9-15(10-17(16)21)31-6-4-30(3)5-7-31)11-18(29-32)14-8-20(22(27)28-12-14)33-23(24,25)26;1-12(2)31-19(6-18(29-31)13-3-17(23(24,25)26)21(27)28-7-13)20-15-4-14(5-16(15)20)30-8-22(9-30)10-32-11-22/h2*8,11-13,15-17,21H,4-7,9-10H2,1-3H3,(H2,27,28);3,6-7,12,14-16,20H,4-5,8-11H2,1-2H3,(H2,27,28)/t2*15?,16-,17+,21?;14?,15-,16+,20?. The number of piperazine rings is 2. The van der Waals surface area contributed by atoms with Gasteiger partial charge in [0.2, 0.25) is 0 Å². The molecule has 0 amide bonds. The van der Waals surface area contributed by atoms with Gasteiger partial charge in [0.25, 0.3) is 0 Å². The Morgan fingerprint density at radius 2 is 0.765 bits per heavy atom. The highest BCUT2D eigenvalue weighted by Gasteiger charge is 2.63. The summed E-state index contributed by atoms with van der Waals surface area (Å²) < 4.78 is 136. The van der Waals surface area contributed by atoms with Crippen LogP contribution in [0, 0.1) is 40.9 Å². The second-order valence-corrected chi connectivity index (χ2v) is 30.5. The van der Waals surface area contributed by atoms with Gasteiger partial charge in [0.15, 0.2) is 23.1 Å². The summed E-state index contributed by atoms with van der Waals surface area (Å²) in [5.74, 6) is 3.18. The fourth-order valence-corrected chi connectivity index (χ4v) is 17.8. The number of ether oxygens (including phenoxy) is 3. The molecule has 0 bridgehead atoms. The van der Waals surface area contributed by atoms with Crippen LogP contribution in [0.15, 0.2) is 55.0 Å². The molecule has 12 atom stereocenters. The third-order valence-electron chi connectivity index (χ3n) is 22.9. The third-order valence-corrected chi connectivity index (χ3v) is 22.9. The fraction of sp³-hybridized carbons (Fsp3) is 0.652. The van der Waals surface area contributed by atoms with Crippen molar-refractivity contribution < 1.29 is 53.7 Å². The van der Waals surface area contributed by atoms with Crippen molar-refractivity contribution in [3.05, 3.63) is 77.6 Å². The molecule has 29 heteroatoms. The molecular weight excluding hydrogens is 1290 g/mol. The summed E-state index contributed by atoms with van der Waals surface area (Å²) in [4.78, 5) is 24.3. The molecule has 16 rings (SSSR count). The summed E-state index contributed by atoms with van der Waals surface area (Å²) in [6.45, 7) is 25.7. The number of likely N-dealkylation sites (N-methyl/N-ethyl adjacent to an activating group) is 2. The van der Waals surface area contributed by atoms with E-state index in [1.54, 1.807) is 0 Å². The zero-order valence-corrected chi connectivity index (χ0v) is 56.7. The molecule has 6 unspecified atom stereocenters. The first-order chi connectivity index (χ1) is 46.4. The molecule has 10 fully saturated rings. The van der Waals surface area contributed by atoms with E-state index in [2.05, 4.69) is 110 Å². The largest absolute Gasteiger partial charge is 0.573 e. The Labute approximate surface area is 564 Å². The predicted octanol–water partition coefficient (Wildman–Crippen LogP) is 11.4. The van der Waals surface area contributed by atoms with Gasteiger partial charge >= 0.3 is 18.9 Å². The van der Waals surface area contributed by atoms with Gasteiger partial charge in [0.05, 0.1) is 35.9 Å². The highest BCUT2D eigenvalue weighted by atomic mass is 19.4. The number of aromatic nitrogens is 9. The number of nitrogens with two attached hydrogens (primary N) is 3. The van der Waals surface area contributed by atoms with E-state index in [1.807, 2.05) is 32.2 Å². The monoisotopic (exact) mass is 1380 g/mol. The van der Waals surface area contributed by atoms with Gasteiger partial charge in [-0.25, -0.2) is 15.0 Å². The lowest BCUT2D eigenvalue weighted by Gasteiger charge is -2.57. The summed E-state index contributed by atoms with van der Waals surface area (Å²) >= 11 is 0. The number of hydrogen-bond donors (Lipinski definition) is 3. The van der Waals surface area contributed by atoms with Crippen LogP contribution >= 0.6 is 0 Å². The van der Waals surface area contributed by atoms with E-state index in [1.165, 1.54) is 93.7 Å². The fourth-order valence-electron chi connectivity index (χ4n) is 17.8. The van der Waals surface area contributed by atoms with E-state index in [-0.39, 0.29) is 29.8 Å². The van der Waals surface area contributed by atoms with E-state index in [0.29, 0.717) is 111 Å². The van der Waals surface area contributed by atoms with Crippen molar-refractivity contribution in [2.75, 3.05) is 110 Å². The molecule has 10 heterocycles. The lowest BCUT2D eigenvalue weighted by atomic mass is 9.76. The number of halogens is 9. The molecule has 532 valence electrons. The van der Waals surface area contributed by atoms with Crippen LogP contribution in [0.25, 0.3) is 33.8 Å². The molecule has 6 aromatic heterocycles. The second-order valence-electron chi connectivity index (χ2n) is 30.5. The molecule has 0 radical (unpaired) electrons. The van der Waals surface area contributed by atoms with Gasteiger partial charge in [-0.2, -0.15) is 28.5 Å². The molecule has 4 aliphatic heterocycles. The molecule has 6 aliphatic carbocycles. The van der Waals surface area contributed by atoms with Gasteiger partial charge in [-0.05, 0) is 166 Å². The molecular formula is C69H90F9N17O3. The predicted molar refractivity (Wildman–Crippen MR) is 350 cm³/mol. The van der Waals surface area contributed by atoms with Crippen molar-refractivity contribution in [1.82, 2.24) is 68.8 Å². The molecule has 10 aliphatic rings. The number of hydrogen-bond acceptors (Lipinski definition) is 17. The molecule has 20 nitrogen and oxygen atoms in total. The van der Waals surface area contributed by atoms with Gasteiger partial charge in [0, 0.05) is 177 Å². The average Bonchev–Trinajstić information content (AvgIpc) is 1.54. The van der Waals surface area contributed by atoms with E-state index in [0.717, 1.165) is 77.3 Å². The highest BCUT2D eigenvalue weighted by Crippen LogP contribution is 2.67. The van der Waals surface area contributed by atoms with Crippen molar-refractivity contribution in [2.45, 2.75) is 153 Å². The number of nitrogens with zero attached hydrogens (tertiary/aromatic N) is 14. The van der Waals surface area contributed by atoms with Crippen molar-refractivity contribution >= 4 is 17.5 Å². The second kappa shape index (κ2) is 25.7. The Hall–Kier alpha value is -6.79. The minimum absolute atomic E-state index is 0.133. The molecule has 98 heavy (non-hydrogen) atoms. The van der Waals surface area contributed by atoms with Crippen LogP contribution in [0.2, 0.25) is 0 Å². The van der Waals surface area contributed by atoms with Gasteiger partial charge in [-0.15, -0.1) is 26.3 Å². The molecule has 1 spiro atoms.